The third-order valence-electron chi connectivity index (χ3n) is 2.50. The van der Waals surface area contributed by atoms with E-state index in [9.17, 15) is 0 Å². The molecule has 0 aliphatic carbocycles. The molecule has 0 amide bonds. The maximum absolute atomic E-state index is 4.60. The first kappa shape index (κ1) is 9.97. The number of rotatable bonds is 2. The summed E-state index contributed by atoms with van der Waals surface area (Å²) in [5.74, 6) is 0.481. The lowest BCUT2D eigenvalue weighted by Crippen LogP contribution is -1.96. The number of aromatic nitrogens is 2. The molecule has 0 aliphatic heterocycles. The van der Waals surface area contributed by atoms with Crippen molar-refractivity contribution in [3.8, 4) is 5.69 Å². The molecule has 1 aromatic heterocycles. The van der Waals surface area contributed by atoms with Crippen molar-refractivity contribution in [3.05, 3.63) is 47.8 Å². The maximum Gasteiger partial charge on any atom is 0.0683 e. The van der Waals surface area contributed by atoms with Crippen LogP contribution in [0.1, 0.15) is 31.0 Å². The van der Waals surface area contributed by atoms with Gasteiger partial charge in [0.25, 0.3) is 0 Å². The van der Waals surface area contributed by atoms with E-state index in [0.717, 1.165) is 5.69 Å². The summed E-state index contributed by atoms with van der Waals surface area (Å²) in [6, 6.07) is 10.2. The third-order valence-corrected chi connectivity index (χ3v) is 2.50. The van der Waals surface area contributed by atoms with Crippen LogP contribution in [0.3, 0.4) is 0 Å². The van der Waals surface area contributed by atoms with Gasteiger partial charge in [0.2, 0.25) is 0 Å². The van der Waals surface area contributed by atoms with Crippen molar-refractivity contribution in [2.45, 2.75) is 26.7 Å². The zero-order valence-corrected chi connectivity index (χ0v) is 9.44. The lowest BCUT2D eigenvalue weighted by Gasteiger charge is -2.01. The first-order valence-electron chi connectivity index (χ1n) is 5.30. The van der Waals surface area contributed by atoms with Gasteiger partial charge in [-0.25, -0.2) is 4.68 Å². The highest BCUT2D eigenvalue weighted by Crippen LogP contribution is 2.18. The monoisotopic (exact) mass is 200 g/mol. The zero-order valence-electron chi connectivity index (χ0n) is 9.44. The molecule has 15 heavy (non-hydrogen) atoms. The van der Waals surface area contributed by atoms with Gasteiger partial charge in [-0.1, -0.05) is 32.0 Å². The Labute approximate surface area is 90.6 Å². The van der Waals surface area contributed by atoms with Crippen LogP contribution in [0.5, 0.6) is 0 Å². The van der Waals surface area contributed by atoms with Crippen LogP contribution < -0.4 is 0 Å². The van der Waals surface area contributed by atoms with Crippen molar-refractivity contribution in [1.82, 2.24) is 9.78 Å². The van der Waals surface area contributed by atoms with E-state index in [0.29, 0.717) is 5.92 Å². The van der Waals surface area contributed by atoms with Gasteiger partial charge in [0.15, 0.2) is 0 Å². The molecule has 2 heteroatoms. The summed E-state index contributed by atoms with van der Waals surface area (Å²) in [6.45, 7) is 6.46. The SMILES string of the molecule is Cc1cn(-c2ccccc2)nc1C(C)C. The largest absolute Gasteiger partial charge is 0.240 e. The molecule has 2 nitrogen and oxygen atoms in total. The Bertz CT molecular complexity index is 441. The molecule has 0 saturated heterocycles. The fourth-order valence-corrected chi connectivity index (χ4v) is 1.76. The summed E-state index contributed by atoms with van der Waals surface area (Å²) in [4.78, 5) is 0. The van der Waals surface area contributed by atoms with Crippen molar-refractivity contribution in [2.24, 2.45) is 0 Å². The molecule has 0 N–H and O–H groups in total. The molecule has 1 heterocycles. The summed E-state index contributed by atoms with van der Waals surface area (Å²) in [5.41, 5.74) is 3.56. The fraction of sp³-hybridized carbons (Fsp3) is 0.308. The van der Waals surface area contributed by atoms with Crippen LogP contribution in [-0.2, 0) is 0 Å². The van der Waals surface area contributed by atoms with Crippen molar-refractivity contribution in [1.29, 1.82) is 0 Å². The van der Waals surface area contributed by atoms with Gasteiger partial charge < -0.3 is 0 Å². The van der Waals surface area contributed by atoms with E-state index in [1.807, 2.05) is 22.9 Å². The number of nitrogens with zero attached hydrogens (tertiary/aromatic N) is 2. The summed E-state index contributed by atoms with van der Waals surface area (Å²) in [6.07, 6.45) is 2.09. The highest BCUT2D eigenvalue weighted by molar-refractivity contribution is 5.32. The normalized spacial score (nSPS) is 10.9. The predicted octanol–water partition coefficient (Wildman–Crippen LogP) is 3.30. The Morgan fingerprint density at radius 1 is 1.13 bits per heavy atom. The van der Waals surface area contributed by atoms with E-state index in [4.69, 9.17) is 0 Å². The van der Waals surface area contributed by atoms with Gasteiger partial charge in [0, 0.05) is 6.20 Å². The highest BCUT2D eigenvalue weighted by Gasteiger charge is 2.09. The average Bonchev–Trinajstić information content (AvgIpc) is 2.62. The Balaban J connectivity index is 2.43. The smallest absolute Gasteiger partial charge is 0.0683 e. The Kier molecular flexibility index (Phi) is 2.58. The van der Waals surface area contributed by atoms with Gasteiger partial charge in [0.1, 0.15) is 0 Å². The van der Waals surface area contributed by atoms with Crippen LogP contribution in [0.15, 0.2) is 36.5 Å². The molecule has 0 spiro atoms. The van der Waals surface area contributed by atoms with Crippen molar-refractivity contribution >= 4 is 0 Å². The molecular formula is C13H16N2. The molecule has 0 saturated carbocycles. The topological polar surface area (TPSA) is 17.8 Å². The Morgan fingerprint density at radius 3 is 2.33 bits per heavy atom. The minimum atomic E-state index is 0.481. The minimum absolute atomic E-state index is 0.481. The summed E-state index contributed by atoms with van der Waals surface area (Å²) in [7, 11) is 0. The first-order chi connectivity index (χ1) is 7.18. The third kappa shape index (κ3) is 1.94. The van der Waals surface area contributed by atoms with Crippen LogP contribution in [-0.4, -0.2) is 9.78 Å². The van der Waals surface area contributed by atoms with Crippen molar-refractivity contribution in [3.63, 3.8) is 0 Å². The summed E-state index contributed by atoms with van der Waals surface area (Å²) in [5, 5.41) is 4.60. The number of hydrogen-bond donors (Lipinski definition) is 0. The first-order valence-corrected chi connectivity index (χ1v) is 5.30. The number of benzene rings is 1. The molecule has 1 aromatic carbocycles. The maximum atomic E-state index is 4.60. The number of hydrogen-bond acceptors (Lipinski definition) is 1. The Hall–Kier alpha value is -1.57. The van der Waals surface area contributed by atoms with E-state index >= 15 is 0 Å². The van der Waals surface area contributed by atoms with Crippen LogP contribution in [0.2, 0.25) is 0 Å². The van der Waals surface area contributed by atoms with Crippen LogP contribution in [0.25, 0.3) is 5.69 Å². The molecule has 0 fully saturated rings. The van der Waals surface area contributed by atoms with Crippen molar-refractivity contribution < 1.29 is 0 Å². The molecule has 0 atom stereocenters. The zero-order chi connectivity index (χ0) is 10.8. The Morgan fingerprint density at radius 2 is 1.80 bits per heavy atom. The lowest BCUT2D eigenvalue weighted by atomic mass is 10.1. The lowest BCUT2D eigenvalue weighted by molar-refractivity contribution is 0.765. The minimum Gasteiger partial charge on any atom is -0.240 e. The average molecular weight is 200 g/mol. The molecule has 0 bridgehead atoms. The standard InChI is InChI=1S/C13H16N2/c1-10(2)13-11(3)9-15(14-13)12-7-5-4-6-8-12/h4-10H,1-3H3. The van der Waals surface area contributed by atoms with Gasteiger partial charge in [-0.05, 0) is 30.5 Å². The van der Waals surface area contributed by atoms with E-state index in [1.54, 1.807) is 0 Å². The van der Waals surface area contributed by atoms with Gasteiger partial charge in [-0.3, -0.25) is 0 Å². The second-order valence-corrected chi connectivity index (χ2v) is 4.13. The van der Waals surface area contributed by atoms with Gasteiger partial charge in [0.05, 0.1) is 11.4 Å². The number of aryl methyl sites for hydroxylation is 1. The van der Waals surface area contributed by atoms with Gasteiger partial charge >= 0.3 is 0 Å². The van der Waals surface area contributed by atoms with Gasteiger partial charge in [-0.15, -0.1) is 0 Å². The fourth-order valence-electron chi connectivity index (χ4n) is 1.76. The molecule has 0 radical (unpaired) electrons. The van der Waals surface area contributed by atoms with Crippen LogP contribution in [0.4, 0.5) is 0 Å². The van der Waals surface area contributed by atoms with E-state index in [1.165, 1.54) is 11.3 Å². The quantitative estimate of drug-likeness (QED) is 0.727. The summed E-state index contributed by atoms with van der Waals surface area (Å²) < 4.78 is 1.95. The van der Waals surface area contributed by atoms with E-state index in [2.05, 4.69) is 44.2 Å². The molecule has 2 rings (SSSR count). The number of para-hydroxylation sites is 1. The summed E-state index contributed by atoms with van der Waals surface area (Å²) >= 11 is 0. The van der Waals surface area contributed by atoms with Gasteiger partial charge in [-0.2, -0.15) is 5.10 Å². The molecule has 2 aromatic rings. The molecule has 0 aliphatic rings. The van der Waals surface area contributed by atoms with Crippen LogP contribution >= 0.6 is 0 Å². The molecule has 0 unspecified atom stereocenters. The van der Waals surface area contributed by atoms with E-state index < -0.39 is 0 Å². The van der Waals surface area contributed by atoms with Crippen molar-refractivity contribution in [2.75, 3.05) is 0 Å². The molecular weight excluding hydrogens is 184 g/mol. The second-order valence-electron chi connectivity index (χ2n) is 4.13. The highest BCUT2D eigenvalue weighted by atomic mass is 15.3. The second kappa shape index (κ2) is 3.89. The predicted molar refractivity (Wildman–Crippen MR) is 62.4 cm³/mol. The molecule has 78 valence electrons. The van der Waals surface area contributed by atoms with Crippen LogP contribution in [0, 0.1) is 6.92 Å². The van der Waals surface area contributed by atoms with E-state index in [-0.39, 0.29) is 0 Å².